The minimum atomic E-state index is -0.655. The molecule has 1 atom stereocenters. The van der Waals surface area contributed by atoms with Gasteiger partial charge in [-0.25, -0.2) is 0 Å². The third-order valence-electron chi connectivity index (χ3n) is 2.51. The number of carbonyl (C=O) groups is 2. The zero-order chi connectivity index (χ0) is 13.0. The van der Waals surface area contributed by atoms with Gasteiger partial charge in [0.25, 0.3) is 0 Å². The summed E-state index contributed by atoms with van der Waals surface area (Å²) in [6, 6.07) is 6.33. The lowest BCUT2D eigenvalue weighted by Crippen LogP contribution is -2.51. The molecule has 0 aromatic heterocycles. The van der Waals surface area contributed by atoms with Gasteiger partial charge in [-0.15, -0.1) is 0 Å². The van der Waals surface area contributed by atoms with Gasteiger partial charge in [0.15, 0.2) is 0 Å². The highest BCUT2D eigenvalue weighted by molar-refractivity contribution is 5.98. The van der Waals surface area contributed by atoms with E-state index in [1.165, 1.54) is 0 Å². The highest BCUT2D eigenvalue weighted by Gasteiger charge is 2.25. The van der Waals surface area contributed by atoms with Gasteiger partial charge >= 0.3 is 0 Å². The molecule has 2 amide bonds. The molecule has 18 heavy (non-hydrogen) atoms. The van der Waals surface area contributed by atoms with Gasteiger partial charge in [-0.2, -0.15) is 0 Å². The molecule has 0 aliphatic carbocycles. The van der Waals surface area contributed by atoms with Crippen molar-refractivity contribution in [3.05, 3.63) is 24.3 Å². The van der Waals surface area contributed by atoms with Gasteiger partial charge in [-0.3, -0.25) is 9.59 Å². The number of rotatable bonds is 3. The summed E-state index contributed by atoms with van der Waals surface area (Å²) in [5, 5.41) is 5.25. The van der Waals surface area contributed by atoms with E-state index in [9.17, 15) is 9.59 Å². The summed E-state index contributed by atoms with van der Waals surface area (Å²) in [6.45, 7) is 0.185. The van der Waals surface area contributed by atoms with Crippen molar-refractivity contribution in [2.75, 3.05) is 25.6 Å². The van der Waals surface area contributed by atoms with Crippen molar-refractivity contribution >= 4 is 17.5 Å². The average molecular weight is 250 g/mol. The van der Waals surface area contributed by atoms with E-state index >= 15 is 0 Å². The molecule has 0 saturated carbocycles. The van der Waals surface area contributed by atoms with Crippen LogP contribution in [0.3, 0.4) is 0 Å². The van der Waals surface area contributed by atoms with Crippen molar-refractivity contribution < 1.29 is 19.1 Å². The Morgan fingerprint density at radius 3 is 3.11 bits per heavy atom. The molecular formula is C12H14N2O4. The van der Waals surface area contributed by atoms with E-state index in [4.69, 9.17) is 9.47 Å². The predicted octanol–water partition coefficient (Wildman–Crippen LogP) is 0.149. The number of nitrogens with one attached hydrogen (secondary N) is 2. The van der Waals surface area contributed by atoms with Gasteiger partial charge in [0, 0.05) is 11.8 Å². The Hall–Kier alpha value is -2.08. The summed E-state index contributed by atoms with van der Waals surface area (Å²) in [5.41, 5.74) is 0.610. The molecule has 1 aromatic rings. The fourth-order valence-electron chi connectivity index (χ4n) is 1.62. The third kappa shape index (κ3) is 2.98. The Morgan fingerprint density at radius 1 is 1.56 bits per heavy atom. The van der Waals surface area contributed by atoms with E-state index in [2.05, 4.69) is 10.6 Å². The fourth-order valence-corrected chi connectivity index (χ4v) is 1.62. The van der Waals surface area contributed by atoms with Crippen LogP contribution in [0.2, 0.25) is 0 Å². The Morgan fingerprint density at radius 2 is 2.39 bits per heavy atom. The molecule has 1 unspecified atom stereocenters. The number of hydrogen-bond donors (Lipinski definition) is 2. The van der Waals surface area contributed by atoms with Crippen LogP contribution in [0.25, 0.3) is 0 Å². The standard InChI is InChI=1S/C12H14N2O4/c1-17-9-4-2-3-8(5-9)13-12(16)10-6-18-7-11(15)14-10/h2-5,10H,6-7H2,1H3,(H,13,16)(H,14,15). The predicted molar refractivity (Wildman–Crippen MR) is 64.4 cm³/mol. The Bertz CT molecular complexity index is 461. The molecule has 96 valence electrons. The Labute approximate surface area is 104 Å². The number of anilines is 1. The molecule has 1 aromatic carbocycles. The molecule has 0 bridgehead atoms. The van der Waals surface area contributed by atoms with Crippen molar-refractivity contribution in [1.29, 1.82) is 0 Å². The number of carbonyl (C=O) groups excluding carboxylic acids is 2. The van der Waals surface area contributed by atoms with E-state index in [-0.39, 0.29) is 25.0 Å². The minimum Gasteiger partial charge on any atom is -0.497 e. The molecular weight excluding hydrogens is 236 g/mol. The molecule has 1 saturated heterocycles. The lowest BCUT2D eigenvalue weighted by Gasteiger charge is -2.22. The molecule has 1 aliphatic heterocycles. The molecule has 2 rings (SSSR count). The summed E-state index contributed by atoms with van der Waals surface area (Å²) in [4.78, 5) is 23.0. The fraction of sp³-hybridized carbons (Fsp3) is 0.333. The number of amides is 2. The topological polar surface area (TPSA) is 76.7 Å². The van der Waals surface area contributed by atoms with Gasteiger partial charge in [-0.1, -0.05) is 6.07 Å². The second kappa shape index (κ2) is 5.50. The first kappa shape index (κ1) is 12.4. The van der Waals surface area contributed by atoms with Crippen LogP contribution in [0.5, 0.6) is 5.75 Å². The van der Waals surface area contributed by atoms with Gasteiger partial charge in [0.1, 0.15) is 18.4 Å². The van der Waals surface area contributed by atoms with Gasteiger partial charge in [0.05, 0.1) is 13.7 Å². The average Bonchev–Trinajstić information content (AvgIpc) is 2.39. The maximum absolute atomic E-state index is 11.9. The van der Waals surface area contributed by atoms with Crippen LogP contribution in [0.1, 0.15) is 0 Å². The normalized spacial score (nSPS) is 18.9. The Kier molecular flexibility index (Phi) is 3.78. The number of morpholine rings is 1. The maximum Gasteiger partial charge on any atom is 0.249 e. The largest absolute Gasteiger partial charge is 0.497 e. The van der Waals surface area contributed by atoms with Gasteiger partial charge in [0.2, 0.25) is 11.8 Å². The number of methoxy groups -OCH3 is 1. The first-order chi connectivity index (χ1) is 8.69. The highest BCUT2D eigenvalue weighted by Crippen LogP contribution is 2.16. The zero-order valence-corrected chi connectivity index (χ0v) is 9.93. The molecule has 1 heterocycles. The van der Waals surface area contributed by atoms with Crippen molar-refractivity contribution in [3.63, 3.8) is 0 Å². The smallest absolute Gasteiger partial charge is 0.249 e. The SMILES string of the molecule is COc1cccc(NC(=O)C2COCC(=O)N2)c1. The third-order valence-corrected chi connectivity index (χ3v) is 2.51. The molecule has 0 radical (unpaired) electrons. The van der Waals surface area contributed by atoms with Crippen LogP contribution in [0, 0.1) is 0 Å². The van der Waals surface area contributed by atoms with Crippen LogP contribution in [0.15, 0.2) is 24.3 Å². The van der Waals surface area contributed by atoms with Crippen molar-refractivity contribution in [2.45, 2.75) is 6.04 Å². The minimum absolute atomic E-state index is 0.00292. The maximum atomic E-state index is 11.9. The second-order valence-electron chi connectivity index (χ2n) is 3.86. The van der Waals surface area contributed by atoms with Crippen LogP contribution in [-0.2, 0) is 14.3 Å². The molecule has 2 N–H and O–H groups in total. The summed E-state index contributed by atoms with van der Waals surface area (Å²) >= 11 is 0. The van der Waals surface area contributed by atoms with Crippen LogP contribution < -0.4 is 15.4 Å². The van der Waals surface area contributed by atoms with Crippen LogP contribution >= 0.6 is 0 Å². The van der Waals surface area contributed by atoms with Gasteiger partial charge in [-0.05, 0) is 12.1 Å². The first-order valence-electron chi connectivity index (χ1n) is 5.51. The van der Waals surface area contributed by atoms with Crippen molar-refractivity contribution in [2.24, 2.45) is 0 Å². The number of hydrogen-bond acceptors (Lipinski definition) is 4. The summed E-state index contributed by atoms with van der Waals surface area (Å²) in [6.07, 6.45) is 0. The number of ether oxygens (including phenoxy) is 2. The lowest BCUT2D eigenvalue weighted by atomic mass is 10.2. The molecule has 6 heteroatoms. The molecule has 0 spiro atoms. The molecule has 1 fully saturated rings. The summed E-state index contributed by atoms with van der Waals surface area (Å²) < 4.78 is 10.1. The summed E-state index contributed by atoms with van der Waals surface area (Å²) in [7, 11) is 1.55. The van der Waals surface area contributed by atoms with Crippen LogP contribution in [0.4, 0.5) is 5.69 Å². The summed E-state index contributed by atoms with van der Waals surface area (Å²) in [5.74, 6) is 0.0556. The van der Waals surface area contributed by atoms with E-state index < -0.39 is 6.04 Å². The van der Waals surface area contributed by atoms with E-state index in [1.54, 1.807) is 31.4 Å². The van der Waals surface area contributed by atoms with Crippen LogP contribution in [-0.4, -0.2) is 38.2 Å². The quantitative estimate of drug-likeness (QED) is 0.800. The first-order valence-corrected chi connectivity index (χ1v) is 5.51. The molecule has 1 aliphatic rings. The van der Waals surface area contributed by atoms with Crippen molar-refractivity contribution in [1.82, 2.24) is 5.32 Å². The highest BCUT2D eigenvalue weighted by atomic mass is 16.5. The zero-order valence-electron chi connectivity index (χ0n) is 9.93. The number of benzene rings is 1. The monoisotopic (exact) mass is 250 g/mol. The Balaban J connectivity index is 1.99. The van der Waals surface area contributed by atoms with Crippen molar-refractivity contribution in [3.8, 4) is 5.75 Å². The molecule has 6 nitrogen and oxygen atoms in total. The van der Waals surface area contributed by atoms with E-state index in [1.807, 2.05) is 0 Å². The van der Waals surface area contributed by atoms with E-state index in [0.29, 0.717) is 11.4 Å². The second-order valence-corrected chi connectivity index (χ2v) is 3.86. The van der Waals surface area contributed by atoms with Gasteiger partial charge < -0.3 is 20.1 Å². The lowest BCUT2D eigenvalue weighted by molar-refractivity contribution is -0.136. The van der Waals surface area contributed by atoms with E-state index in [0.717, 1.165) is 0 Å².